The van der Waals surface area contributed by atoms with Crippen LogP contribution < -0.4 is 0 Å². The first-order valence-electron chi connectivity index (χ1n) is 6.34. The van der Waals surface area contributed by atoms with Crippen molar-refractivity contribution in [2.24, 2.45) is 0 Å². The molecule has 0 fully saturated rings. The summed E-state index contributed by atoms with van der Waals surface area (Å²) in [6.45, 7) is 0. The van der Waals surface area contributed by atoms with Gasteiger partial charge in [0, 0.05) is 30.6 Å². The number of aliphatic carboxylic acids is 1. The molecule has 0 saturated carbocycles. The molecule has 0 saturated heterocycles. The van der Waals surface area contributed by atoms with Crippen molar-refractivity contribution in [3.63, 3.8) is 0 Å². The van der Waals surface area contributed by atoms with Crippen molar-refractivity contribution in [3.8, 4) is 11.4 Å². The van der Waals surface area contributed by atoms with Gasteiger partial charge in [-0.25, -0.2) is 4.98 Å². The predicted octanol–water partition coefficient (Wildman–Crippen LogP) is 2.41. The van der Waals surface area contributed by atoms with Gasteiger partial charge in [-0.15, -0.1) is 0 Å². The van der Waals surface area contributed by atoms with E-state index in [1.807, 2.05) is 40.9 Å². The maximum atomic E-state index is 10.7. The zero-order chi connectivity index (χ0) is 13.9. The number of aromatic nitrogens is 3. The van der Waals surface area contributed by atoms with Gasteiger partial charge >= 0.3 is 5.97 Å². The molecule has 3 rings (SSSR count). The molecule has 0 aliphatic heterocycles. The summed E-state index contributed by atoms with van der Waals surface area (Å²) in [6, 6.07) is 9.60. The van der Waals surface area contributed by atoms with E-state index in [0.29, 0.717) is 6.42 Å². The van der Waals surface area contributed by atoms with Gasteiger partial charge in [0.05, 0.1) is 17.6 Å². The van der Waals surface area contributed by atoms with Crippen LogP contribution in [0.4, 0.5) is 0 Å². The summed E-state index contributed by atoms with van der Waals surface area (Å²) in [6.07, 6.45) is 5.88. The Morgan fingerprint density at radius 2 is 2.00 bits per heavy atom. The topological polar surface area (TPSA) is 67.5 Å². The maximum Gasteiger partial charge on any atom is 0.303 e. The minimum atomic E-state index is -0.812. The van der Waals surface area contributed by atoms with E-state index in [1.54, 1.807) is 12.4 Å². The van der Waals surface area contributed by atoms with Crippen molar-refractivity contribution < 1.29 is 9.90 Å². The van der Waals surface area contributed by atoms with Gasteiger partial charge in [-0.2, -0.15) is 0 Å². The second kappa shape index (κ2) is 5.13. The second-order valence-electron chi connectivity index (χ2n) is 4.47. The van der Waals surface area contributed by atoms with E-state index in [-0.39, 0.29) is 6.42 Å². The van der Waals surface area contributed by atoms with E-state index < -0.39 is 5.97 Å². The normalized spacial score (nSPS) is 10.8. The van der Waals surface area contributed by atoms with Gasteiger partial charge in [-0.3, -0.25) is 14.2 Å². The molecule has 3 heterocycles. The average molecular weight is 267 g/mol. The SMILES string of the molecule is O=C(O)CCc1nc(-c2ccncc2)n2ccccc12. The summed E-state index contributed by atoms with van der Waals surface area (Å²) in [5, 5.41) is 8.83. The predicted molar refractivity (Wildman–Crippen MR) is 74.4 cm³/mol. The molecule has 0 radical (unpaired) electrons. The highest BCUT2D eigenvalue weighted by Gasteiger charge is 2.12. The number of carboxylic acids is 1. The Balaban J connectivity index is 2.11. The van der Waals surface area contributed by atoms with Crippen LogP contribution in [-0.2, 0) is 11.2 Å². The molecule has 0 spiro atoms. The number of hydrogen-bond acceptors (Lipinski definition) is 3. The van der Waals surface area contributed by atoms with Crippen LogP contribution >= 0.6 is 0 Å². The van der Waals surface area contributed by atoms with Crippen LogP contribution in [0, 0.1) is 0 Å². The minimum absolute atomic E-state index is 0.0807. The third-order valence-electron chi connectivity index (χ3n) is 3.14. The van der Waals surface area contributed by atoms with Crippen LogP contribution in [0.1, 0.15) is 12.1 Å². The zero-order valence-corrected chi connectivity index (χ0v) is 10.7. The first-order valence-corrected chi connectivity index (χ1v) is 6.34. The third-order valence-corrected chi connectivity index (χ3v) is 3.14. The molecule has 5 nitrogen and oxygen atoms in total. The van der Waals surface area contributed by atoms with Crippen LogP contribution in [0.15, 0.2) is 48.9 Å². The third kappa shape index (κ3) is 2.25. The number of hydrogen-bond donors (Lipinski definition) is 1. The van der Waals surface area contributed by atoms with E-state index >= 15 is 0 Å². The van der Waals surface area contributed by atoms with Crippen molar-refractivity contribution in [1.82, 2.24) is 14.4 Å². The molecule has 0 aromatic carbocycles. The summed E-state index contributed by atoms with van der Waals surface area (Å²) in [7, 11) is 0. The van der Waals surface area contributed by atoms with Gasteiger partial charge in [-0.1, -0.05) is 6.07 Å². The van der Waals surface area contributed by atoms with Crippen molar-refractivity contribution in [2.75, 3.05) is 0 Å². The molecule has 0 atom stereocenters. The van der Waals surface area contributed by atoms with E-state index in [2.05, 4.69) is 9.97 Å². The number of pyridine rings is 2. The lowest BCUT2D eigenvalue weighted by Crippen LogP contribution is -1.98. The molecule has 1 N–H and O–H groups in total. The Kier molecular flexibility index (Phi) is 3.16. The number of imidazole rings is 1. The molecular weight excluding hydrogens is 254 g/mol. The Labute approximate surface area is 115 Å². The van der Waals surface area contributed by atoms with Gasteiger partial charge in [0.25, 0.3) is 0 Å². The smallest absolute Gasteiger partial charge is 0.303 e. The first-order chi connectivity index (χ1) is 9.75. The fraction of sp³-hybridized carbons (Fsp3) is 0.133. The first kappa shape index (κ1) is 12.3. The largest absolute Gasteiger partial charge is 0.481 e. The van der Waals surface area contributed by atoms with Crippen LogP contribution in [0.3, 0.4) is 0 Å². The molecule has 20 heavy (non-hydrogen) atoms. The summed E-state index contributed by atoms with van der Waals surface area (Å²) in [4.78, 5) is 19.3. The number of carboxylic acid groups (broad SMARTS) is 1. The van der Waals surface area contributed by atoms with Crippen LogP contribution in [0.25, 0.3) is 16.9 Å². The molecule has 0 aliphatic rings. The molecule has 0 amide bonds. The number of carbonyl (C=O) groups is 1. The quantitative estimate of drug-likeness (QED) is 0.788. The number of nitrogens with zero attached hydrogens (tertiary/aromatic N) is 3. The molecule has 100 valence electrons. The molecule has 3 aromatic heterocycles. The Morgan fingerprint density at radius 1 is 1.20 bits per heavy atom. The van der Waals surface area contributed by atoms with Crippen LogP contribution in [-0.4, -0.2) is 25.4 Å². The van der Waals surface area contributed by atoms with Gasteiger partial charge in [0.1, 0.15) is 5.82 Å². The zero-order valence-electron chi connectivity index (χ0n) is 10.7. The van der Waals surface area contributed by atoms with Gasteiger partial charge in [-0.05, 0) is 24.3 Å². The fourth-order valence-corrected chi connectivity index (χ4v) is 2.22. The summed E-state index contributed by atoms with van der Waals surface area (Å²) < 4.78 is 1.98. The summed E-state index contributed by atoms with van der Waals surface area (Å²) >= 11 is 0. The minimum Gasteiger partial charge on any atom is -0.481 e. The summed E-state index contributed by atoms with van der Waals surface area (Å²) in [5.74, 6) is -0.00377. The highest BCUT2D eigenvalue weighted by atomic mass is 16.4. The van der Waals surface area contributed by atoms with Crippen molar-refractivity contribution in [2.45, 2.75) is 12.8 Å². The van der Waals surface area contributed by atoms with Gasteiger partial charge in [0.2, 0.25) is 0 Å². The van der Waals surface area contributed by atoms with E-state index in [0.717, 1.165) is 22.6 Å². The van der Waals surface area contributed by atoms with Gasteiger partial charge < -0.3 is 5.11 Å². The highest BCUT2D eigenvalue weighted by molar-refractivity contribution is 5.69. The number of fused-ring (bicyclic) bond motifs is 1. The monoisotopic (exact) mass is 267 g/mol. The molecular formula is C15H13N3O2. The maximum absolute atomic E-state index is 10.7. The Bertz CT molecular complexity index is 750. The molecule has 0 unspecified atom stereocenters. The van der Waals surface area contributed by atoms with E-state index in [9.17, 15) is 4.79 Å². The Morgan fingerprint density at radius 3 is 2.75 bits per heavy atom. The molecule has 5 heteroatoms. The summed E-state index contributed by atoms with van der Waals surface area (Å²) in [5.41, 5.74) is 2.71. The van der Waals surface area contributed by atoms with Crippen molar-refractivity contribution in [1.29, 1.82) is 0 Å². The number of aryl methyl sites for hydroxylation is 1. The number of rotatable bonds is 4. The molecule has 3 aromatic rings. The van der Waals surface area contributed by atoms with Crippen molar-refractivity contribution in [3.05, 3.63) is 54.6 Å². The molecule has 0 bridgehead atoms. The van der Waals surface area contributed by atoms with Gasteiger partial charge in [0.15, 0.2) is 0 Å². The lowest BCUT2D eigenvalue weighted by Gasteiger charge is -1.99. The van der Waals surface area contributed by atoms with E-state index in [1.165, 1.54) is 0 Å². The lowest BCUT2D eigenvalue weighted by molar-refractivity contribution is -0.136. The standard InChI is InChI=1S/C15H13N3O2/c19-14(20)5-4-12-13-3-1-2-10-18(13)15(17-12)11-6-8-16-9-7-11/h1-3,6-10H,4-5H2,(H,19,20). The Hall–Kier alpha value is -2.69. The van der Waals surface area contributed by atoms with Crippen LogP contribution in [0.5, 0.6) is 0 Å². The highest BCUT2D eigenvalue weighted by Crippen LogP contribution is 2.22. The molecule has 0 aliphatic carbocycles. The lowest BCUT2D eigenvalue weighted by atomic mass is 10.2. The second-order valence-corrected chi connectivity index (χ2v) is 4.47. The fourth-order valence-electron chi connectivity index (χ4n) is 2.22. The van der Waals surface area contributed by atoms with E-state index in [4.69, 9.17) is 5.11 Å². The van der Waals surface area contributed by atoms with Crippen LogP contribution in [0.2, 0.25) is 0 Å². The average Bonchev–Trinajstić information content (AvgIpc) is 2.85. The van der Waals surface area contributed by atoms with Crippen molar-refractivity contribution >= 4 is 11.5 Å².